The SMILES string of the molecule is CCOC(=O)C1=C(C)N=C2SC=C(CC(=O)Nc3ccc(F)cc3)N2C1c1cccc(C)c1. The molecule has 0 bridgehead atoms. The van der Waals surface area contributed by atoms with E-state index >= 15 is 0 Å². The molecule has 1 N–H and O–H groups in total. The summed E-state index contributed by atoms with van der Waals surface area (Å²) in [6.07, 6.45) is 0.0703. The van der Waals surface area contributed by atoms with E-state index in [0.717, 1.165) is 16.8 Å². The van der Waals surface area contributed by atoms with E-state index in [1.165, 1.54) is 36.0 Å². The quantitative estimate of drug-likeness (QED) is 0.586. The number of fused-ring (bicyclic) bond motifs is 1. The van der Waals surface area contributed by atoms with Crippen LogP contribution in [0, 0.1) is 12.7 Å². The number of aryl methyl sites for hydroxylation is 1. The minimum atomic E-state index is -0.462. The number of carbonyl (C=O) groups is 2. The summed E-state index contributed by atoms with van der Waals surface area (Å²) in [6, 6.07) is 13.1. The van der Waals surface area contributed by atoms with Gasteiger partial charge in [0.1, 0.15) is 5.82 Å². The fourth-order valence-corrected chi connectivity index (χ4v) is 4.86. The van der Waals surface area contributed by atoms with Crippen LogP contribution < -0.4 is 5.32 Å². The first-order valence-corrected chi connectivity index (χ1v) is 11.5. The number of amidine groups is 1. The van der Waals surface area contributed by atoms with Gasteiger partial charge in [-0.2, -0.15) is 0 Å². The molecule has 1 atom stereocenters. The van der Waals surface area contributed by atoms with E-state index in [0.29, 0.717) is 22.1 Å². The number of esters is 1. The van der Waals surface area contributed by atoms with Crippen LogP contribution in [0.3, 0.4) is 0 Å². The van der Waals surface area contributed by atoms with E-state index in [9.17, 15) is 14.0 Å². The third kappa shape index (κ3) is 4.85. The predicted octanol–water partition coefficient (Wildman–Crippen LogP) is 5.30. The number of rotatable bonds is 6. The molecule has 33 heavy (non-hydrogen) atoms. The van der Waals surface area contributed by atoms with Crippen molar-refractivity contribution in [3.05, 3.63) is 87.9 Å². The average molecular weight is 466 g/mol. The van der Waals surface area contributed by atoms with E-state index in [2.05, 4.69) is 10.3 Å². The van der Waals surface area contributed by atoms with Crippen LogP contribution in [0.5, 0.6) is 0 Å². The summed E-state index contributed by atoms with van der Waals surface area (Å²) in [6.45, 7) is 5.82. The Morgan fingerprint density at radius 2 is 1.94 bits per heavy atom. The van der Waals surface area contributed by atoms with Crippen LogP contribution >= 0.6 is 11.8 Å². The fourth-order valence-electron chi connectivity index (χ4n) is 3.90. The zero-order valence-electron chi connectivity index (χ0n) is 18.6. The highest BCUT2D eigenvalue weighted by molar-refractivity contribution is 8.16. The number of hydrogen-bond donors (Lipinski definition) is 1. The van der Waals surface area contributed by atoms with Crippen LogP contribution in [0.4, 0.5) is 10.1 Å². The average Bonchev–Trinajstić information content (AvgIpc) is 3.16. The summed E-state index contributed by atoms with van der Waals surface area (Å²) in [4.78, 5) is 32.3. The Labute approximate surface area is 196 Å². The number of benzene rings is 2. The maximum absolute atomic E-state index is 13.2. The minimum Gasteiger partial charge on any atom is -0.463 e. The van der Waals surface area contributed by atoms with Gasteiger partial charge in [0.25, 0.3) is 0 Å². The number of amides is 1. The largest absolute Gasteiger partial charge is 0.463 e. The van der Waals surface area contributed by atoms with Crippen molar-refractivity contribution in [1.82, 2.24) is 4.90 Å². The zero-order valence-corrected chi connectivity index (χ0v) is 19.4. The number of nitrogens with zero attached hydrogens (tertiary/aromatic N) is 2. The van der Waals surface area contributed by atoms with Gasteiger partial charge in [-0.3, -0.25) is 4.79 Å². The molecule has 6 nitrogen and oxygen atoms in total. The summed E-state index contributed by atoms with van der Waals surface area (Å²) >= 11 is 1.42. The Balaban J connectivity index is 1.66. The number of allylic oxidation sites excluding steroid dienone is 1. The Bertz CT molecular complexity index is 1190. The molecule has 1 amide bonds. The standard InChI is InChI=1S/C25H24FN3O3S/c1-4-32-24(31)22-16(3)27-25-29(23(22)17-7-5-6-15(2)12-17)20(14-33-25)13-21(30)28-19-10-8-18(26)9-11-19/h5-12,14,23H,4,13H2,1-3H3,(H,28,30). The zero-order chi connectivity index (χ0) is 23.5. The van der Waals surface area contributed by atoms with Crippen LogP contribution in [-0.4, -0.2) is 28.6 Å². The minimum absolute atomic E-state index is 0.0703. The molecule has 0 saturated carbocycles. The number of aliphatic imine (C=N–C) groups is 1. The molecule has 0 radical (unpaired) electrons. The number of thioether (sulfide) groups is 1. The molecule has 1 unspecified atom stereocenters. The molecule has 2 aliphatic heterocycles. The van der Waals surface area contributed by atoms with Gasteiger partial charge in [-0.25, -0.2) is 14.2 Å². The van der Waals surface area contributed by atoms with Gasteiger partial charge in [-0.15, -0.1) is 0 Å². The first-order chi connectivity index (χ1) is 15.9. The number of anilines is 1. The third-order valence-electron chi connectivity index (χ3n) is 5.32. The van der Waals surface area contributed by atoms with Crippen molar-refractivity contribution in [2.75, 3.05) is 11.9 Å². The van der Waals surface area contributed by atoms with Crippen molar-refractivity contribution in [3.63, 3.8) is 0 Å². The number of hydrogen-bond acceptors (Lipinski definition) is 6. The fraction of sp³-hybridized carbons (Fsp3) is 0.240. The Morgan fingerprint density at radius 1 is 1.18 bits per heavy atom. The molecule has 0 saturated heterocycles. The summed E-state index contributed by atoms with van der Waals surface area (Å²) < 4.78 is 18.5. The summed E-state index contributed by atoms with van der Waals surface area (Å²) in [5.41, 5.74) is 4.27. The van der Waals surface area contributed by atoms with Gasteiger partial charge in [0.05, 0.1) is 30.3 Å². The molecule has 170 valence electrons. The molecule has 0 aliphatic carbocycles. The second-order valence-corrected chi connectivity index (χ2v) is 8.60. The van der Waals surface area contributed by atoms with Crippen LogP contribution in [0.2, 0.25) is 0 Å². The highest BCUT2D eigenvalue weighted by Gasteiger charge is 2.41. The van der Waals surface area contributed by atoms with Crippen molar-refractivity contribution >= 4 is 34.5 Å². The van der Waals surface area contributed by atoms with Crippen molar-refractivity contribution in [2.45, 2.75) is 33.2 Å². The molecule has 4 rings (SSSR count). The van der Waals surface area contributed by atoms with Crippen molar-refractivity contribution in [3.8, 4) is 0 Å². The van der Waals surface area contributed by atoms with Crippen LogP contribution in [0.25, 0.3) is 0 Å². The van der Waals surface area contributed by atoms with E-state index < -0.39 is 12.0 Å². The van der Waals surface area contributed by atoms with Gasteiger partial charge in [0.15, 0.2) is 5.17 Å². The van der Waals surface area contributed by atoms with E-state index in [4.69, 9.17) is 4.74 Å². The smallest absolute Gasteiger partial charge is 0.338 e. The molecule has 2 heterocycles. The van der Waals surface area contributed by atoms with Gasteiger partial charge < -0.3 is 15.0 Å². The number of nitrogens with one attached hydrogen (secondary N) is 1. The molecular weight excluding hydrogens is 441 g/mol. The summed E-state index contributed by atoms with van der Waals surface area (Å²) in [7, 11) is 0. The molecule has 8 heteroatoms. The maximum atomic E-state index is 13.2. The summed E-state index contributed by atoms with van der Waals surface area (Å²) in [5, 5.41) is 5.38. The van der Waals surface area contributed by atoms with Crippen LogP contribution in [0.1, 0.15) is 37.4 Å². The molecule has 0 aromatic heterocycles. The second kappa shape index (κ2) is 9.62. The van der Waals surface area contributed by atoms with Crippen LogP contribution in [0.15, 0.2) is 75.9 Å². The molecule has 2 aliphatic rings. The first kappa shape index (κ1) is 22.8. The first-order valence-electron chi connectivity index (χ1n) is 10.6. The number of ether oxygens (including phenoxy) is 1. The molecule has 2 aromatic rings. The Kier molecular flexibility index (Phi) is 6.65. The lowest BCUT2D eigenvalue weighted by atomic mass is 9.93. The molecule has 0 fully saturated rings. The lowest BCUT2D eigenvalue weighted by Gasteiger charge is -2.36. The maximum Gasteiger partial charge on any atom is 0.338 e. The Morgan fingerprint density at radius 3 is 2.64 bits per heavy atom. The predicted molar refractivity (Wildman–Crippen MR) is 128 cm³/mol. The van der Waals surface area contributed by atoms with Gasteiger partial charge in [-0.05, 0) is 56.0 Å². The van der Waals surface area contributed by atoms with Gasteiger partial charge >= 0.3 is 5.97 Å². The van der Waals surface area contributed by atoms with Crippen molar-refractivity contribution < 1.29 is 18.7 Å². The van der Waals surface area contributed by atoms with Crippen molar-refractivity contribution in [1.29, 1.82) is 0 Å². The number of halogens is 1. The third-order valence-corrected chi connectivity index (χ3v) is 6.21. The monoisotopic (exact) mass is 465 g/mol. The summed E-state index contributed by atoms with van der Waals surface area (Å²) in [5.74, 6) is -1.04. The lowest BCUT2D eigenvalue weighted by Crippen LogP contribution is -2.37. The van der Waals surface area contributed by atoms with E-state index in [-0.39, 0.29) is 24.8 Å². The molecule has 0 spiro atoms. The van der Waals surface area contributed by atoms with Crippen molar-refractivity contribution in [2.24, 2.45) is 4.99 Å². The highest BCUT2D eigenvalue weighted by Crippen LogP contribution is 2.45. The second-order valence-electron chi connectivity index (χ2n) is 7.76. The molecule has 2 aromatic carbocycles. The Hall–Kier alpha value is -3.39. The van der Waals surface area contributed by atoms with E-state index in [1.54, 1.807) is 13.8 Å². The van der Waals surface area contributed by atoms with Gasteiger partial charge in [0.2, 0.25) is 5.91 Å². The molecular formula is C25H24FN3O3S. The highest BCUT2D eigenvalue weighted by atomic mass is 32.2. The van der Waals surface area contributed by atoms with Crippen LogP contribution in [-0.2, 0) is 14.3 Å². The van der Waals surface area contributed by atoms with E-state index in [1.807, 2.05) is 41.5 Å². The lowest BCUT2D eigenvalue weighted by molar-refractivity contribution is -0.139. The number of carbonyl (C=O) groups excluding carboxylic acids is 2. The van der Waals surface area contributed by atoms with Gasteiger partial charge in [0, 0.05) is 11.4 Å². The normalized spacial score (nSPS) is 17.3. The topological polar surface area (TPSA) is 71.0 Å². The van der Waals surface area contributed by atoms with Gasteiger partial charge in [-0.1, -0.05) is 41.6 Å².